The summed E-state index contributed by atoms with van der Waals surface area (Å²) in [6.45, 7) is 2.20. The maximum atomic E-state index is 14.0. The van der Waals surface area contributed by atoms with E-state index in [0.717, 1.165) is 24.9 Å². The molecule has 0 spiro atoms. The van der Waals surface area contributed by atoms with Gasteiger partial charge in [0, 0.05) is 30.7 Å². The van der Waals surface area contributed by atoms with E-state index in [-0.39, 0.29) is 30.2 Å². The van der Waals surface area contributed by atoms with Crippen LogP contribution in [-0.4, -0.2) is 56.9 Å². The molecule has 3 fully saturated rings. The third-order valence-corrected chi connectivity index (χ3v) is 10.0. The maximum absolute atomic E-state index is 14.0. The summed E-state index contributed by atoms with van der Waals surface area (Å²) < 4.78 is 41.7. The van der Waals surface area contributed by atoms with Crippen LogP contribution >= 0.6 is 11.6 Å². The fourth-order valence-electron chi connectivity index (χ4n) is 7.39. The van der Waals surface area contributed by atoms with Gasteiger partial charge in [0.05, 0.1) is 12.0 Å². The first-order valence-corrected chi connectivity index (χ1v) is 15.3. The number of benzene rings is 1. The number of carbonyl (C=O) groups excluding carboxylic acids is 1. The topological polar surface area (TPSA) is 63.1 Å². The highest BCUT2D eigenvalue weighted by atomic mass is 35.5. The van der Waals surface area contributed by atoms with Gasteiger partial charge in [-0.1, -0.05) is 43.0 Å². The molecule has 1 aliphatic heterocycles. The zero-order valence-corrected chi connectivity index (χ0v) is 23.8. The molecule has 1 amide bonds. The molecule has 2 aliphatic carbocycles. The van der Waals surface area contributed by atoms with Crippen LogP contribution in [0.15, 0.2) is 36.9 Å². The molecule has 1 N–H and O–H groups in total. The van der Waals surface area contributed by atoms with E-state index in [9.17, 15) is 18.0 Å². The molecule has 40 heavy (non-hydrogen) atoms. The van der Waals surface area contributed by atoms with Gasteiger partial charge >= 0.3 is 6.18 Å². The van der Waals surface area contributed by atoms with Crippen LogP contribution in [0.25, 0.3) is 0 Å². The number of nitrogens with one attached hydrogen (secondary N) is 1. The van der Waals surface area contributed by atoms with Gasteiger partial charge in [-0.2, -0.15) is 18.3 Å². The van der Waals surface area contributed by atoms with Crippen LogP contribution in [-0.2, 0) is 17.8 Å². The molecule has 6 nitrogen and oxygen atoms in total. The molecule has 3 aliphatic rings. The zero-order valence-electron chi connectivity index (χ0n) is 23.1. The van der Waals surface area contributed by atoms with Crippen molar-refractivity contribution in [1.82, 2.24) is 25.0 Å². The SMILES string of the molecule is O=C([C@@H](Cc1ccc(Cl)cc1)NC1CCC(C(F)(F)F)CC1)N1CCC(Cn2cncn2)(C2CCCCC2)CC1. The highest BCUT2D eigenvalue weighted by molar-refractivity contribution is 6.30. The van der Waals surface area contributed by atoms with Gasteiger partial charge in [0.15, 0.2) is 0 Å². The van der Waals surface area contributed by atoms with Gasteiger partial charge in [0.25, 0.3) is 0 Å². The largest absolute Gasteiger partial charge is 0.391 e. The second-order valence-corrected chi connectivity index (χ2v) is 12.7. The van der Waals surface area contributed by atoms with Crippen LogP contribution in [0.4, 0.5) is 13.2 Å². The van der Waals surface area contributed by atoms with Gasteiger partial charge in [-0.25, -0.2) is 4.98 Å². The summed E-state index contributed by atoms with van der Waals surface area (Å²) in [6, 6.07) is 6.90. The number of halogens is 4. The van der Waals surface area contributed by atoms with Crippen molar-refractivity contribution in [3.05, 3.63) is 47.5 Å². The lowest BCUT2D eigenvalue weighted by Crippen LogP contribution is -2.55. The minimum absolute atomic E-state index is 0.0471. The first kappa shape index (κ1) is 29.4. The Morgan fingerprint density at radius 1 is 1.02 bits per heavy atom. The number of alkyl halides is 3. The van der Waals surface area contributed by atoms with E-state index in [2.05, 4.69) is 15.4 Å². The number of amides is 1. The Morgan fingerprint density at radius 3 is 2.30 bits per heavy atom. The Labute approximate surface area is 240 Å². The standard InChI is InChI=1S/C30H41ClF3N5O/c31-25-10-6-22(7-11-25)18-27(37-26-12-8-24(9-13-26)30(32,33)34)28(40)38-16-14-29(15-17-38,19-39-21-35-20-36-39)23-4-2-1-3-5-23/h6-7,10-11,20-21,23-24,26-27,37H,1-5,8-9,12-19H2/t24?,26?,27-/m1/s1. The van der Waals surface area contributed by atoms with Crippen molar-refractivity contribution in [2.24, 2.45) is 17.3 Å². The zero-order chi connectivity index (χ0) is 28.2. The van der Waals surface area contributed by atoms with Crippen molar-refractivity contribution >= 4 is 17.5 Å². The molecule has 220 valence electrons. The Morgan fingerprint density at radius 2 is 1.70 bits per heavy atom. The van der Waals surface area contributed by atoms with Crippen LogP contribution in [0.1, 0.15) is 76.2 Å². The van der Waals surface area contributed by atoms with Gasteiger partial charge < -0.3 is 10.2 Å². The first-order valence-electron chi connectivity index (χ1n) is 14.9. The maximum Gasteiger partial charge on any atom is 0.391 e. The summed E-state index contributed by atoms with van der Waals surface area (Å²) in [4.78, 5) is 20.1. The fourth-order valence-corrected chi connectivity index (χ4v) is 7.51. The molecule has 0 unspecified atom stereocenters. The molecule has 5 rings (SSSR count). The van der Waals surface area contributed by atoms with Crippen molar-refractivity contribution in [2.45, 2.75) is 102 Å². The Bertz CT molecular complexity index is 1070. The molecule has 2 saturated carbocycles. The Hall–Kier alpha value is -2.13. The van der Waals surface area contributed by atoms with Crippen LogP contribution in [0.2, 0.25) is 5.02 Å². The predicted octanol–water partition coefficient (Wildman–Crippen LogP) is 6.44. The molecule has 1 atom stereocenters. The summed E-state index contributed by atoms with van der Waals surface area (Å²) in [6.07, 6.45) is 8.91. The second kappa shape index (κ2) is 12.8. The number of carbonyl (C=O) groups is 1. The molecule has 0 bridgehead atoms. The van der Waals surface area contributed by atoms with Crippen molar-refractivity contribution < 1.29 is 18.0 Å². The predicted molar refractivity (Wildman–Crippen MR) is 149 cm³/mol. The number of piperidine rings is 1. The Kier molecular flexibility index (Phi) is 9.40. The van der Waals surface area contributed by atoms with Crippen molar-refractivity contribution in [3.8, 4) is 0 Å². The Balaban J connectivity index is 1.27. The smallest absolute Gasteiger partial charge is 0.341 e. The lowest BCUT2D eigenvalue weighted by molar-refractivity contribution is -0.183. The lowest BCUT2D eigenvalue weighted by Gasteiger charge is -2.48. The van der Waals surface area contributed by atoms with E-state index in [1.807, 2.05) is 33.8 Å². The number of nitrogens with zero attached hydrogens (tertiary/aromatic N) is 4. The third-order valence-electron chi connectivity index (χ3n) is 9.76. The molecule has 0 radical (unpaired) electrons. The van der Waals surface area contributed by atoms with E-state index >= 15 is 0 Å². The van der Waals surface area contributed by atoms with Crippen molar-refractivity contribution in [2.75, 3.05) is 13.1 Å². The van der Waals surface area contributed by atoms with E-state index < -0.39 is 18.1 Å². The van der Waals surface area contributed by atoms with Crippen molar-refractivity contribution in [1.29, 1.82) is 0 Å². The van der Waals surface area contributed by atoms with Gasteiger partial charge in [-0.05, 0) is 86.8 Å². The average Bonchev–Trinajstić information content (AvgIpc) is 3.47. The molecule has 1 saturated heterocycles. The number of hydrogen-bond donors (Lipinski definition) is 1. The molecule has 2 heterocycles. The quantitative estimate of drug-likeness (QED) is 0.391. The second-order valence-electron chi connectivity index (χ2n) is 12.3. The number of rotatable bonds is 8. The molecule has 2 aromatic rings. The van der Waals surface area contributed by atoms with Crippen molar-refractivity contribution in [3.63, 3.8) is 0 Å². The first-order chi connectivity index (χ1) is 19.2. The normalized spacial score (nSPS) is 25.1. The molecule has 1 aromatic heterocycles. The van der Waals surface area contributed by atoms with E-state index in [1.165, 1.54) is 32.1 Å². The number of aromatic nitrogens is 3. The van der Waals surface area contributed by atoms with E-state index in [4.69, 9.17) is 11.6 Å². The molecule has 1 aromatic carbocycles. The minimum Gasteiger partial charge on any atom is -0.341 e. The van der Waals surface area contributed by atoms with E-state index in [0.29, 0.717) is 43.3 Å². The van der Waals surface area contributed by atoms with E-state index in [1.54, 1.807) is 12.7 Å². The summed E-state index contributed by atoms with van der Waals surface area (Å²) in [7, 11) is 0. The van der Waals surface area contributed by atoms with Gasteiger partial charge in [-0.15, -0.1) is 0 Å². The summed E-state index contributed by atoms with van der Waals surface area (Å²) in [5.74, 6) is -0.573. The third kappa shape index (κ3) is 7.19. The summed E-state index contributed by atoms with van der Waals surface area (Å²) in [5, 5.41) is 8.53. The lowest BCUT2D eigenvalue weighted by atomic mass is 9.63. The molecule has 10 heteroatoms. The number of hydrogen-bond acceptors (Lipinski definition) is 4. The number of likely N-dealkylation sites (tertiary alicyclic amines) is 1. The average molecular weight is 580 g/mol. The van der Waals surface area contributed by atoms with Crippen LogP contribution < -0.4 is 5.32 Å². The summed E-state index contributed by atoms with van der Waals surface area (Å²) >= 11 is 6.09. The fraction of sp³-hybridized carbons (Fsp3) is 0.700. The monoisotopic (exact) mass is 579 g/mol. The highest BCUT2D eigenvalue weighted by Gasteiger charge is 2.45. The highest BCUT2D eigenvalue weighted by Crippen LogP contribution is 2.47. The molecular weight excluding hydrogens is 539 g/mol. The van der Waals surface area contributed by atoms with Gasteiger partial charge in [-0.3, -0.25) is 9.48 Å². The van der Waals surface area contributed by atoms with Crippen LogP contribution in [0.3, 0.4) is 0 Å². The minimum atomic E-state index is -4.14. The van der Waals surface area contributed by atoms with Gasteiger partial charge in [0.1, 0.15) is 12.7 Å². The van der Waals surface area contributed by atoms with Crippen LogP contribution in [0, 0.1) is 17.3 Å². The van der Waals surface area contributed by atoms with Gasteiger partial charge in [0.2, 0.25) is 5.91 Å². The van der Waals surface area contributed by atoms with Crippen LogP contribution in [0.5, 0.6) is 0 Å². The summed E-state index contributed by atoms with van der Waals surface area (Å²) in [5.41, 5.74) is 1.08. The molecular formula is C30H41ClF3N5O.